The van der Waals surface area contributed by atoms with Crippen LogP contribution >= 0.6 is 0 Å². The van der Waals surface area contributed by atoms with Crippen LogP contribution in [0.2, 0.25) is 0 Å². The Balaban J connectivity index is 1.74. The average Bonchev–Trinajstić information content (AvgIpc) is 2.94. The van der Waals surface area contributed by atoms with E-state index < -0.39 is 17.7 Å². The molecular weight excluding hydrogens is 499 g/mol. The normalized spacial score (nSPS) is 16.8. The smallest absolute Gasteiger partial charge is 0.416 e. The van der Waals surface area contributed by atoms with Crippen molar-refractivity contribution in [1.29, 1.82) is 0 Å². The van der Waals surface area contributed by atoms with Crippen molar-refractivity contribution in [2.45, 2.75) is 70.5 Å². The van der Waals surface area contributed by atoms with Crippen LogP contribution in [0.25, 0.3) is 11.1 Å². The number of methoxy groups -OCH3 is 1. The van der Waals surface area contributed by atoms with Gasteiger partial charge in [-0.1, -0.05) is 62.4 Å². The lowest BCUT2D eigenvalue weighted by Gasteiger charge is -2.38. The summed E-state index contributed by atoms with van der Waals surface area (Å²) in [6.07, 6.45) is 1.55. The first-order valence-corrected chi connectivity index (χ1v) is 13.9. The minimum Gasteiger partial charge on any atom is -0.469 e. The van der Waals surface area contributed by atoms with Crippen molar-refractivity contribution in [2.24, 2.45) is 5.92 Å². The zero-order chi connectivity index (χ0) is 28.0. The van der Waals surface area contributed by atoms with Crippen LogP contribution in [0, 0.1) is 5.92 Å². The van der Waals surface area contributed by atoms with E-state index in [1.54, 1.807) is 0 Å². The zero-order valence-corrected chi connectivity index (χ0v) is 23.0. The van der Waals surface area contributed by atoms with E-state index in [1.165, 1.54) is 31.2 Å². The summed E-state index contributed by atoms with van der Waals surface area (Å²) in [4.78, 5) is 15.3. The van der Waals surface area contributed by atoms with E-state index in [2.05, 4.69) is 55.1 Å². The zero-order valence-electron chi connectivity index (χ0n) is 23.0. The van der Waals surface area contributed by atoms with Gasteiger partial charge in [-0.05, 0) is 91.0 Å². The standard InChI is InChI=1S/C33H38F3NO2/c1-23(2)19-31(32(38)39-3)27-20-26(25-13-15-28(16-14-25)33(34,35)36)21-30(22-27)37-18-8-7-11-29(37)17-12-24-9-5-4-6-10-24/h4-6,9-10,13-16,20-23,29,31H,7-8,11-12,17-19H2,1-3H3. The van der Waals surface area contributed by atoms with Crippen LogP contribution in [0.1, 0.15) is 68.6 Å². The number of halogens is 3. The summed E-state index contributed by atoms with van der Waals surface area (Å²) in [5, 5.41) is 0. The van der Waals surface area contributed by atoms with Gasteiger partial charge in [0.15, 0.2) is 0 Å². The van der Waals surface area contributed by atoms with E-state index in [9.17, 15) is 18.0 Å². The molecule has 0 aromatic heterocycles. The van der Waals surface area contributed by atoms with Gasteiger partial charge in [-0.2, -0.15) is 13.2 Å². The Morgan fingerprint density at radius 2 is 1.69 bits per heavy atom. The molecule has 0 saturated carbocycles. The molecule has 1 saturated heterocycles. The maximum atomic E-state index is 13.2. The number of alkyl halides is 3. The van der Waals surface area contributed by atoms with E-state index in [0.29, 0.717) is 18.0 Å². The van der Waals surface area contributed by atoms with Crippen molar-refractivity contribution in [2.75, 3.05) is 18.6 Å². The Kier molecular flexibility index (Phi) is 9.36. The molecule has 1 aliphatic rings. The van der Waals surface area contributed by atoms with Gasteiger partial charge >= 0.3 is 12.1 Å². The summed E-state index contributed by atoms with van der Waals surface area (Å²) in [5.41, 5.74) is 3.99. The number of ether oxygens (including phenoxy) is 1. The number of benzene rings is 3. The lowest BCUT2D eigenvalue weighted by molar-refractivity contribution is -0.143. The Bertz CT molecular complexity index is 1220. The molecule has 0 amide bonds. The van der Waals surface area contributed by atoms with Crippen molar-refractivity contribution in [1.82, 2.24) is 0 Å². The maximum Gasteiger partial charge on any atom is 0.416 e. The van der Waals surface area contributed by atoms with Gasteiger partial charge in [0.05, 0.1) is 18.6 Å². The van der Waals surface area contributed by atoms with Crippen LogP contribution < -0.4 is 4.90 Å². The Morgan fingerprint density at radius 1 is 0.974 bits per heavy atom. The predicted molar refractivity (Wildman–Crippen MR) is 151 cm³/mol. The van der Waals surface area contributed by atoms with Gasteiger partial charge in [0.1, 0.15) is 0 Å². The van der Waals surface area contributed by atoms with Crippen LogP contribution in [0.5, 0.6) is 0 Å². The second kappa shape index (κ2) is 12.7. The molecule has 0 bridgehead atoms. The summed E-state index contributed by atoms with van der Waals surface area (Å²) in [5.74, 6) is -0.477. The molecule has 2 atom stereocenters. The Morgan fingerprint density at radius 3 is 2.33 bits per heavy atom. The van der Waals surface area contributed by atoms with Gasteiger partial charge < -0.3 is 9.64 Å². The molecule has 208 valence electrons. The molecule has 1 heterocycles. The fourth-order valence-corrected chi connectivity index (χ4v) is 5.62. The minimum atomic E-state index is -4.39. The number of hydrogen-bond donors (Lipinski definition) is 0. The molecule has 0 spiro atoms. The third kappa shape index (κ3) is 7.43. The molecule has 4 rings (SSSR count). The van der Waals surface area contributed by atoms with Crippen LogP contribution in [0.4, 0.5) is 18.9 Å². The fourth-order valence-electron chi connectivity index (χ4n) is 5.62. The summed E-state index contributed by atoms with van der Waals surface area (Å²) < 4.78 is 44.9. The molecule has 3 aromatic rings. The van der Waals surface area contributed by atoms with Gasteiger partial charge in [-0.3, -0.25) is 4.79 Å². The van der Waals surface area contributed by atoms with E-state index in [1.807, 2.05) is 12.1 Å². The molecule has 2 unspecified atom stereocenters. The van der Waals surface area contributed by atoms with Crippen LogP contribution in [-0.4, -0.2) is 25.7 Å². The molecule has 3 aromatic carbocycles. The molecule has 6 heteroatoms. The minimum absolute atomic E-state index is 0.265. The van der Waals surface area contributed by atoms with Gasteiger partial charge in [0.25, 0.3) is 0 Å². The quantitative estimate of drug-likeness (QED) is 0.256. The summed E-state index contributed by atoms with van der Waals surface area (Å²) in [6.45, 7) is 5.05. The van der Waals surface area contributed by atoms with Gasteiger partial charge in [-0.15, -0.1) is 0 Å². The second-order valence-electron chi connectivity index (χ2n) is 11.0. The summed E-state index contributed by atoms with van der Waals surface area (Å²) in [6, 6.07) is 22.2. The van der Waals surface area contributed by atoms with Gasteiger partial charge in [-0.25, -0.2) is 0 Å². The number of piperidine rings is 1. The number of rotatable bonds is 9. The van der Waals surface area contributed by atoms with Crippen molar-refractivity contribution in [3.05, 3.63) is 89.5 Å². The molecule has 39 heavy (non-hydrogen) atoms. The highest BCUT2D eigenvalue weighted by molar-refractivity contribution is 5.80. The lowest BCUT2D eigenvalue weighted by atomic mass is 9.87. The molecule has 0 radical (unpaired) electrons. The fraction of sp³-hybridized carbons (Fsp3) is 0.424. The largest absolute Gasteiger partial charge is 0.469 e. The first kappa shape index (κ1) is 28.7. The van der Waals surface area contributed by atoms with E-state index in [-0.39, 0.29) is 11.9 Å². The van der Waals surface area contributed by atoms with Crippen molar-refractivity contribution in [3.8, 4) is 11.1 Å². The Hall–Kier alpha value is -3.28. The predicted octanol–water partition coefficient (Wildman–Crippen LogP) is 8.67. The summed E-state index contributed by atoms with van der Waals surface area (Å²) >= 11 is 0. The van der Waals surface area contributed by atoms with E-state index in [0.717, 1.165) is 61.2 Å². The number of hydrogen-bond acceptors (Lipinski definition) is 3. The van der Waals surface area contributed by atoms with Gasteiger partial charge in [0.2, 0.25) is 0 Å². The highest BCUT2D eigenvalue weighted by atomic mass is 19.4. The van der Waals surface area contributed by atoms with E-state index in [4.69, 9.17) is 4.74 Å². The van der Waals surface area contributed by atoms with Crippen LogP contribution in [0.3, 0.4) is 0 Å². The SMILES string of the molecule is COC(=O)C(CC(C)C)c1cc(-c2ccc(C(F)(F)F)cc2)cc(N2CCCCC2CCc2ccccc2)c1. The van der Waals surface area contributed by atoms with Crippen molar-refractivity contribution in [3.63, 3.8) is 0 Å². The maximum absolute atomic E-state index is 13.2. The second-order valence-corrected chi connectivity index (χ2v) is 11.0. The molecule has 1 fully saturated rings. The number of esters is 1. The van der Waals surface area contributed by atoms with E-state index >= 15 is 0 Å². The number of anilines is 1. The molecule has 0 N–H and O–H groups in total. The highest BCUT2D eigenvalue weighted by Crippen LogP contribution is 2.37. The molecule has 0 aliphatic carbocycles. The third-order valence-electron chi connectivity index (χ3n) is 7.65. The van der Waals surface area contributed by atoms with Crippen LogP contribution in [-0.2, 0) is 22.1 Å². The first-order chi connectivity index (χ1) is 18.7. The number of carbonyl (C=O) groups is 1. The monoisotopic (exact) mass is 537 g/mol. The number of carbonyl (C=O) groups excluding carboxylic acids is 1. The molecular formula is C33H38F3NO2. The average molecular weight is 538 g/mol. The van der Waals surface area contributed by atoms with Crippen molar-refractivity contribution >= 4 is 11.7 Å². The number of nitrogens with zero attached hydrogens (tertiary/aromatic N) is 1. The Labute approximate surface area is 230 Å². The summed E-state index contributed by atoms with van der Waals surface area (Å²) in [7, 11) is 1.40. The highest BCUT2D eigenvalue weighted by Gasteiger charge is 2.31. The molecule has 3 nitrogen and oxygen atoms in total. The van der Waals surface area contributed by atoms with Crippen LogP contribution in [0.15, 0.2) is 72.8 Å². The topological polar surface area (TPSA) is 29.5 Å². The first-order valence-electron chi connectivity index (χ1n) is 13.9. The lowest BCUT2D eigenvalue weighted by Crippen LogP contribution is -2.40. The molecule has 1 aliphatic heterocycles. The number of aryl methyl sites for hydroxylation is 1. The van der Waals surface area contributed by atoms with Crippen molar-refractivity contribution < 1.29 is 22.7 Å². The third-order valence-corrected chi connectivity index (χ3v) is 7.65. The van der Waals surface area contributed by atoms with Gasteiger partial charge in [0, 0.05) is 18.3 Å².